The normalized spacial score (nSPS) is 22.6. The summed E-state index contributed by atoms with van der Waals surface area (Å²) in [6.07, 6.45) is 7.15. The van der Waals surface area contributed by atoms with Crippen LogP contribution < -0.4 is 0 Å². The van der Waals surface area contributed by atoms with E-state index in [-0.39, 0.29) is 11.9 Å². The maximum Gasteiger partial charge on any atom is 0.328 e. The van der Waals surface area contributed by atoms with Gasteiger partial charge in [-0.15, -0.1) is 0 Å². The predicted molar refractivity (Wildman–Crippen MR) is 79.3 cm³/mol. The molecule has 4 heteroatoms. The number of benzene rings is 1. The van der Waals surface area contributed by atoms with Crippen LogP contribution in [0, 0.1) is 11.7 Å². The molecule has 0 radical (unpaired) electrons. The maximum absolute atomic E-state index is 13.3. The molecular formula is C17H21FO3. The summed E-state index contributed by atoms with van der Waals surface area (Å²) in [6, 6.07) is 4.36. The molecule has 0 saturated heterocycles. The van der Waals surface area contributed by atoms with E-state index in [2.05, 4.69) is 6.92 Å². The second-order valence-electron chi connectivity index (χ2n) is 5.71. The lowest BCUT2D eigenvalue weighted by Gasteiger charge is -2.26. The lowest BCUT2D eigenvalue weighted by molar-refractivity contribution is -0.131. The van der Waals surface area contributed by atoms with Crippen LogP contribution in [0.15, 0.2) is 24.3 Å². The summed E-state index contributed by atoms with van der Waals surface area (Å²) in [5.41, 5.74) is 1.37. The van der Waals surface area contributed by atoms with Crippen LogP contribution in [0.25, 0.3) is 6.08 Å². The van der Waals surface area contributed by atoms with Gasteiger partial charge >= 0.3 is 5.97 Å². The van der Waals surface area contributed by atoms with Crippen LogP contribution >= 0.6 is 0 Å². The number of aliphatic carboxylic acids is 1. The molecule has 1 aliphatic carbocycles. The number of rotatable bonds is 5. The molecule has 0 aliphatic heterocycles. The van der Waals surface area contributed by atoms with Crippen molar-refractivity contribution in [2.75, 3.05) is 0 Å². The SMILES string of the molecule is CC1CCC(OCc2ccc(F)cc2C=CC(=O)O)CC1. The molecule has 0 unspecified atom stereocenters. The van der Waals surface area contributed by atoms with Crippen molar-refractivity contribution >= 4 is 12.0 Å². The highest BCUT2D eigenvalue weighted by Crippen LogP contribution is 2.26. The van der Waals surface area contributed by atoms with Crippen LogP contribution in [-0.4, -0.2) is 17.2 Å². The number of hydrogen-bond donors (Lipinski definition) is 1. The zero-order valence-electron chi connectivity index (χ0n) is 12.2. The van der Waals surface area contributed by atoms with Crippen LogP contribution in [0.4, 0.5) is 4.39 Å². The summed E-state index contributed by atoms with van der Waals surface area (Å²) >= 11 is 0. The monoisotopic (exact) mass is 292 g/mol. The van der Waals surface area contributed by atoms with Crippen LogP contribution in [-0.2, 0) is 16.1 Å². The summed E-state index contributed by atoms with van der Waals surface area (Å²) in [6.45, 7) is 2.64. The predicted octanol–water partition coefficient (Wildman–Crippen LogP) is 4.02. The molecule has 3 nitrogen and oxygen atoms in total. The van der Waals surface area contributed by atoms with E-state index in [4.69, 9.17) is 9.84 Å². The molecular weight excluding hydrogens is 271 g/mol. The highest BCUT2D eigenvalue weighted by molar-refractivity contribution is 5.85. The smallest absolute Gasteiger partial charge is 0.328 e. The van der Waals surface area contributed by atoms with Gasteiger partial charge in [-0.2, -0.15) is 0 Å². The van der Waals surface area contributed by atoms with Crippen molar-refractivity contribution in [1.29, 1.82) is 0 Å². The summed E-state index contributed by atoms with van der Waals surface area (Å²) in [5, 5.41) is 8.68. The largest absolute Gasteiger partial charge is 0.478 e. The van der Waals surface area contributed by atoms with Gasteiger partial charge in [0.1, 0.15) is 5.82 Å². The minimum Gasteiger partial charge on any atom is -0.478 e. The number of hydrogen-bond acceptors (Lipinski definition) is 2. The average molecular weight is 292 g/mol. The third kappa shape index (κ3) is 4.97. The first-order valence-electron chi connectivity index (χ1n) is 7.35. The first-order chi connectivity index (χ1) is 10.0. The molecule has 0 atom stereocenters. The first kappa shape index (κ1) is 15.7. The van der Waals surface area contributed by atoms with Crippen molar-refractivity contribution in [3.63, 3.8) is 0 Å². The number of ether oxygens (including phenoxy) is 1. The van der Waals surface area contributed by atoms with Crippen molar-refractivity contribution in [2.24, 2.45) is 5.92 Å². The molecule has 114 valence electrons. The average Bonchev–Trinajstić information content (AvgIpc) is 2.45. The third-order valence-corrected chi connectivity index (χ3v) is 3.95. The van der Waals surface area contributed by atoms with Gasteiger partial charge in [-0.25, -0.2) is 9.18 Å². The van der Waals surface area contributed by atoms with Gasteiger partial charge in [0, 0.05) is 6.08 Å². The van der Waals surface area contributed by atoms with E-state index in [0.717, 1.165) is 30.4 Å². The van der Waals surface area contributed by atoms with Crippen molar-refractivity contribution in [3.8, 4) is 0 Å². The van der Waals surface area contributed by atoms with Gasteiger partial charge < -0.3 is 9.84 Å². The Bertz CT molecular complexity index is 517. The molecule has 1 N–H and O–H groups in total. The number of halogens is 1. The number of carboxylic acids is 1. The summed E-state index contributed by atoms with van der Waals surface area (Å²) in [4.78, 5) is 10.6. The van der Waals surface area contributed by atoms with Crippen LogP contribution in [0.3, 0.4) is 0 Å². The Morgan fingerprint density at radius 1 is 1.38 bits per heavy atom. The Balaban J connectivity index is 2.00. The van der Waals surface area contributed by atoms with E-state index < -0.39 is 5.97 Å². The van der Waals surface area contributed by atoms with Crippen molar-refractivity contribution in [2.45, 2.75) is 45.3 Å². The van der Waals surface area contributed by atoms with Gasteiger partial charge in [-0.1, -0.05) is 13.0 Å². The Hall–Kier alpha value is -1.68. The van der Waals surface area contributed by atoms with Crippen molar-refractivity contribution in [1.82, 2.24) is 0 Å². The van der Waals surface area contributed by atoms with Crippen molar-refractivity contribution < 1.29 is 19.0 Å². The van der Waals surface area contributed by atoms with E-state index in [1.165, 1.54) is 31.1 Å². The highest BCUT2D eigenvalue weighted by atomic mass is 19.1. The van der Waals surface area contributed by atoms with Crippen LogP contribution in [0.2, 0.25) is 0 Å². The second kappa shape index (κ2) is 7.36. The Kier molecular flexibility index (Phi) is 5.51. The molecule has 1 aromatic carbocycles. The molecule has 21 heavy (non-hydrogen) atoms. The molecule has 1 fully saturated rings. The molecule has 1 aliphatic rings. The molecule has 1 aromatic rings. The quantitative estimate of drug-likeness (QED) is 0.834. The van der Waals surface area contributed by atoms with Gasteiger partial charge in [-0.3, -0.25) is 0 Å². The van der Waals surface area contributed by atoms with Gasteiger partial charge in [0.2, 0.25) is 0 Å². The van der Waals surface area contributed by atoms with E-state index in [1.807, 2.05) is 0 Å². The van der Waals surface area contributed by atoms with Crippen molar-refractivity contribution in [3.05, 3.63) is 41.2 Å². The minimum absolute atomic E-state index is 0.252. The fraction of sp³-hybridized carbons (Fsp3) is 0.471. The summed E-state index contributed by atoms with van der Waals surface area (Å²) in [5.74, 6) is -0.660. The number of carbonyl (C=O) groups is 1. The van der Waals surface area contributed by atoms with Gasteiger partial charge in [0.25, 0.3) is 0 Å². The van der Waals surface area contributed by atoms with E-state index >= 15 is 0 Å². The maximum atomic E-state index is 13.3. The van der Waals surface area contributed by atoms with Crippen LogP contribution in [0.1, 0.15) is 43.7 Å². The van der Waals surface area contributed by atoms with E-state index in [0.29, 0.717) is 12.2 Å². The molecule has 0 amide bonds. The lowest BCUT2D eigenvalue weighted by Crippen LogP contribution is -2.20. The molecule has 1 saturated carbocycles. The Morgan fingerprint density at radius 2 is 2.10 bits per heavy atom. The summed E-state index contributed by atoms with van der Waals surface area (Å²) in [7, 11) is 0. The molecule has 0 spiro atoms. The van der Waals surface area contributed by atoms with Gasteiger partial charge in [-0.05, 0) is 60.9 Å². The highest BCUT2D eigenvalue weighted by Gasteiger charge is 2.18. The Morgan fingerprint density at radius 3 is 2.76 bits per heavy atom. The molecule has 0 aromatic heterocycles. The Labute approximate surface area is 124 Å². The molecule has 0 heterocycles. The zero-order chi connectivity index (χ0) is 15.2. The van der Waals surface area contributed by atoms with Crippen LogP contribution in [0.5, 0.6) is 0 Å². The topological polar surface area (TPSA) is 46.5 Å². The first-order valence-corrected chi connectivity index (χ1v) is 7.35. The molecule has 0 bridgehead atoms. The van der Waals surface area contributed by atoms with E-state index in [9.17, 15) is 9.18 Å². The van der Waals surface area contributed by atoms with Gasteiger partial charge in [0.05, 0.1) is 12.7 Å². The summed E-state index contributed by atoms with van der Waals surface area (Å²) < 4.78 is 19.2. The standard InChI is InChI=1S/C17H21FO3/c1-12-2-7-16(8-3-12)21-11-14-4-6-15(18)10-13(14)5-9-17(19)20/h4-6,9-10,12,16H,2-3,7-8,11H2,1H3,(H,19,20). The minimum atomic E-state index is -1.05. The number of carboxylic acid groups (broad SMARTS) is 1. The zero-order valence-corrected chi connectivity index (χ0v) is 12.2. The fourth-order valence-corrected chi connectivity index (χ4v) is 2.62. The molecule has 2 rings (SSSR count). The van der Waals surface area contributed by atoms with Gasteiger partial charge in [0.15, 0.2) is 0 Å². The second-order valence-corrected chi connectivity index (χ2v) is 5.71. The fourth-order valence-electron chi connectivity index (χ4n) is 2.62. The van der Waals surface area contributed by atoms with E-state index in [1.54, 1.807) is 6.07 Å². The third-order valence-electron chi connectivity index (χ3n) is 3.95. The lowest BCUT2D eigenvalue weighted by atomic mass is 9.89.